The molecule has 4 nitrogen and oxygen atoms in total. The Morgan fingerprint density at radius 3 is 1.95 bits per heavy atom. The highest BCUT2D eigenvalue weighted by Crippen LogP contribution is 2.33. The van der Waals surface area contributed by atoms with E-state index in [1.807, 2.05) is 7.05 Å². The van der Waals surface area contributed by atoms with Crippen molar-refractivity contribution in [1.82, 2.24) is 10.0 Å². The standard InChI is InChI=1S/C13H17Cl3N2O2S/c1-17-9-2-4-10(5-3-9)18-21(19,20)13-11(15)6-8(14)7-12(13)16/h6-7,9-10,17-18H,2-5H2,1H3. The monoisotopic (exact) mass is 370 g/mol. The largest absolute Gasteiger partial charge is 0.317 e. The number of halogens is 3. The van der Waals surface area contributed by atoms with Gasteiger partial charge in [-0.05, 0) is 44.9 Å². The number of hydrogen-bond acceptors (Lipinski definition) is 3. The zero-order chi connectivity index (χ0) is 15.6. The summed E-state index contributed by atoms with van der Waals surface area (Å²) in [4.78, 5) is -0.106. The van der Waals surface area contributed by atoms with E-state index in [1.54, 1.807) is 0 Å². The van der Waals surface area contributed by atoms with Gasteiger partial charge in [0.15, 0.2) is 0 Å². The molecule has 0 amide bonds. The smallest absolute Gasteiger partial charge is 0.243 e. The van der Waals surface area contributed by atoms with Crippen LogP contribution in [0.3, 0.4) is 0 Å². The van der Waals surface area contributed by atoms with Gasteiger partial charge in [-0.3, -0.25) is 0 Å². The van der Waals surface area contributed by atoms with E-state index in [0.717, 1.165) is 25.7 Å². The number of hydrogen-bond donors (Lipinski definition) is 2. The van der Waals surface area contributed by atoms with Crippen molar-refractivity contribution in [2.24, 2.45) is 0 Å². The van der Waals surface area contributed by atoms with Crippen molar-refractivity contribution in [3.05, 3.63) is 27.2 Å². The third kappa shape index (κ3) is 4.24. The van der Waals surface area contributed by atoms with Crippen LogP contribution in [0.1, 0.15) is 25.7 Å². The highest BCUT2D eigenvalue weighted by atomic mass is 35.5. The second-order valence-electron chi connectivity index (χ2n) is 5.16. The van der Waals surface area contributed by atoms with Crippen LogP contribution in [0.5, 0.6) is 0 Å². The molecule has 0 aliphatic heterocycles. The Balaban J connectivity index is 2.16. The summed E-state index contributed by atoms with van der Waals surface area (Å²) in [5, 5.41) is 3.58. The van der Waals surface area contributed by atoms with E-state index in [4.69, 9.17) is 34.8 Å². The second kappa shape index (κ2) is 7.02. The van der Waals surface area contributed by atoms with Crippen LogP contribution in [0.15, 0.2) is 17.0 Å². The van der Waals surface area contributed by atoms with Gasteiger partial charge in [0, 0.05) is 17.1 Å². The molecule has 21 heavy (non-hydrogen) atoms. The molecule has 0 saturated heterocycles. The molecule has 2 rings (SSSR count). The molecule has 0 radical (unpaired) electrons. The van der Waals surface area contributed by atoms with Crippen molar-refractivity contribution in [2.45, 2.75) is 42.7 Å². The van der Waals surface area contributed by atoms with Crippen LogP contribution in [0.2, 0.25) is 15.1 Å². The first kappa shape index (κ1) is 17.3. The van der Waals surface area contributed by atoms with Gasteiger partial charge in [0.05, 0.1) is 10.0 Å². The molecular formula is C13H17Cl3N2O2S. The maximum absolute atomic E-state index is 12.5. The number of sulfonamides is 1. The van der Waals surface area contributed by atoms with Crippen molar-refractivity contribution in [2.75, 3.05) is 7.05 Å². The summed E-state index contributed by atoms with van der Waals surface area (Å²) in [5.74, 6) is 0. The fraction of sp³-hybridized carbons (Fsp3) is 0.538. The van der Waals surface area contributed by atoms with E-state index in [9.17, 15) is 8.42 Å². The average molecular weight is 372 g/mol. The van der Waals surface area contributed by atoms with Crippen molar-refractivity contribution in [1.29, 1.82) is 0 Å². The lowest BCUT2D eigenvalue weighted by Crippen LogP contribution is -2.41. The molecule has 1 aliphatic rings. The number of benzene rings is 1. The Bertz CT molecular complexity index is 591. The summed E-state index contributed by atoms with van der Waals surface area (Å²) < 4.78 is 27.6. The number of rotatable bonds is 4. The van der Waals surface area contributed by atoms with Gasteiger partial charge in [0.2, 0.25) is 10.0 Å². The zero-order valence-electron chi connectivity index (χ0n) is 11.5. The first-order chi connectivity index (χ1) is 9.83. The Morgan fingerprint density at radius 2 is 1.48 bits per heavy atom. The van der Waals surface area contributed by atoms with Crippen molar-refractivity contribution >= 4 is 44.8 Å². The van der Waals surface area contributed by atoms with Gasteiger partial charge >= 0.3 is 0 Å². The van der Waals surface area contributed by atoms with E-state index in [0.29, 0.717) is 11.1 Å². The summed E-state index contributed by atoms with van der Waals surface area (Å²) >= 11 is 17.8. The predicted molar refractivity (Wildman–Crippen MR) is 86.9 cm³/mol. The van der Waals surface area contributed by atoms with E-state index in [-0.39, 0.29) is 21.0 Å². The van der Waals surface area contributed by atoms with Gasteiger partial charge in [-0.25, -0.2) is 13.1 Å². The molecule has 1 aliphatic carbocycles. The molecule has 0 atom stereocenters. The second-order valence-corrected chi connectivity index (χ2v) is 8.06. The van der Waals surface area contributed by atoms with Gasteiger partial charge in [-0.2, -0.15) is 0 Å². The number of nitrogens with one attached hydrogen (secondary N) is 2. The maximum Gasteiger partial charge on any atom is 0.243 e. The van der Waals surface area contributed by atoms with Gasteiger partial charge in [-0.1, -0.05) is 34.8 Å². The van der Waals surface area contributed by atoms with Crippen LogP contribution in [-0.2, 0) is 10.0 Å². The van der Waals surface area contributed by atoms with Crippen LogP contribution in [-0.4, -0.2) is 27.5 Å². The van der Waals surface area contributed by atoms with Gasteiger partial charge < -0.3 is 5.32 Å². The van der Waals surface area contributed by atoms with Gasteiger partial charge in [0.25, 0.3) is 0 Å². The minimum atomic E-state index is -3.76. The molecule has 0 heterocycles. The molecule has 0 aromatic heterocycles. The molecular weight excluding hydrogens is 355 g/mol. The molecule has 2 N–H and O–H groups in total. The average Bonchev–Trinajstić information content (AvgIpc) is 2.37. The normalized spacial score (nSPS) is 23.2. The molecule has 0 unspecified atom stereocenters. The quantitative estimate of drug-likeness (QED) is 0.852. The van der Waals surface area contributed by atoms with E-state index < -0.39 is 10.0 Å². The van der Waals surface area contributed by atoms with E-state index in [1.165, 1.54) is 12.1 Å². The minimum absolute atomic E-state index is 0.0314. The van der Waals surface area contributed by atoms with Gasteiger partial charge in [0.1, 0.15) is 4.90 Å². The first-order valence-corrected chi connectivity index (χ1v) is 9.29. The highest BCUT2D eigenvalue weighted by molar-refractivity contribution is 7.89. The van der Waals surface area contributed by atoms with Crippen LogP contribution in [0.25, 0.3) is 0 Å². The maximum atomic E-state index is 12.5. The van der Waals surface area contributed by atoms with Crippen molar-refractivity contribution in [3.63, 3.8) is 0 Å². The summed E-state index contributed by atoms with van der Waals surface area (Å²) in [6, 6.07) is 3.11. The molecule has 1 fully saturated rings. The van der Waals surface area contributed by atoms with Crippen molar-refractivity contribution < 1.29 is 8.42 Å². The molecule has 118 valence electrons. The van der Waals surface area contributed by atoms with Crippen LogP contribution >= 0.6 is 34.8 Å². The highest BCUT2D eigenvalue weighted by Gasteiger charge is 2.28. The summed E-state index contributed by atoms with van der Waals surface area (Å²) in [5.41, 5.74) is 0. The van der Waals surface area contributed by atoms with E-state index >= 15 is 0 Å². The van der Waals surface area contributed by atoms with Gasteiger partial charge in [-0.15, -0.1) is 0 Å². The molecule has 1 aromatic rings. The van der Waals surface area contributed by atoms with E-state index in [2.05, 4.69) is 10.0 Å². The molecule has 1 saturated carbocycles. The molecule has 8 heteroatoms. The first-order valence-electron chi connectivity index (χ1n) is 6.67. The fourth-order valence-corrected chi connectivity index (χ4v) is 5.41. The lowest BCUT2D eigenvalue weighted by molar-refractivity contribution is 0.343. The Hall–Kier alpha value is -0.0400. The Morgan fingerprint density at radius 1 is 1.00 bits per heavy atom. The fourth-order valence-electron chi connectivity index (χ4n) is 2.56. The third-order valence-corrected chi connectivity index (χ3v) is 6.35. The Labute approximate surface area is 140 Å². The predicted octanol–water partition coefficient (Wildman–Crippen LogP) is 3.46. The molecule has 1 aromatic carbocycles. The summed E-state index contributed by atoms with van der Waals surface area (Å²) in [6.07, 6.45) is 3.44. The van der Waals surface area contributed by atoms with Crippen LogP contribution < -0.4 is 10.0 Å². The molecule has 0 spiro atoms. The zero-order valence-corrected chi connectivity index (χ0v) is 14.6. The van der Waals surface area contributed by atoms with Crippen LogP contribution in [0, 0.1) is 0 Å². The minimum Gasteiger partial charge on any atom is -0.317 e. The Kier molecular flexibility index (Phi) is 5.79. The lowest BCUT2D eigenvalue weighted by Gasteiger charge is -2.28. The van der Waals surface area contributed by atoms with Crippen molar-refractivity contribution in [3.8, 4) is 0 Å². The lowest BCUT2D eigenvalue weighted by atomic mass is 9.92. The van der Waals surface area contributed by atoms with Crippen LogP contribution in [0.4, 0.5) is 0 Å². The molecule has 0 bridgehead atoms. The SMILES string of the molecule is CNC1CCC(NS(=O)(=O)c2c(Cl)cc(Cl)cc2Cl)CC1. The summed E-state index contributed by atoms with van der Waals surface area (Å²) in [6.45, 7) is 0. The summed E-state index contributed by atoms with van der Waals surface area (Å²) in [7, 11) is -1.84. The third-order valence-electron chi connectivity index (χ3n) is 3.69. The topological polar surface area (TPSA) is 58.2 Å².